The maximum absolute atomic E-state index is 11.9. The summed E-state index contributed by atoms with van der Waals surface area (Å²) in [7, 11) is 0. The molecule has 0 saturated carbocycles. The molecular weight excluding hydrogens is 326 g/mol. The van der Waals surface area contributed by atoms with Gasteiger partial charge in [0.1, 0.15) is 5.75 Å². The largest absolute Gasteiger partial charge is 0.454 e. The van der Waals surface area contributed by atoms with E-state index in [0.29, 0.717) is 17.2 Å². The summed E-state index contributed by atoms with van der Waals surface area (Å²) in [4.78, 5) is 22.6. The van der Waals surface area contributed by atoms with E-state index in [9.17, 15) is 14.9 Å². The van der Waals surface area contributed by atoms with E-state index in [1.807, 2.05) is 19.1 Å². The van der Waals surface area contributed by atoms with Gasteiger partial charge >= 0.3 is 5.97 Å². The van der Waals surface area contributed by atoms with Gasteiger partial charge in [-0.2, -0.15) is 0 Å². The Labute approximate surface area is 143 Å². The van der Waals surface area contributed by atoms with Crippen molar-refractivity contribution in [2.75, 3.05) is 6.79 Å². The molecule has 0 aromatic heterocycles. The maximum atomic E-state index is 11.9. The Bertz CT molecular complexity index is 841. The number of hydrogen-bond donors (Lipinski definition) is 0. The lowest BCUT2D eigenvalue weighted by Crippen LogP contribution is -2.03. The molecule has 0 aliphatic carbocycles. The van der Waals surface area contributed by atoms with Gasteiger partial charge < -0.3 is 14.2 Å². The van der Waals surface area contributed by atoms with Crippen LogP contribution in [-0.4, -0.2) is 17.7 Å². The monoisotopic (exact) mass is 341 g/mol. The number of aryl methyl sites for hydroxylation is 1. The Hall–Kier alpha value is -3.35. The summed E-state index contributed by atoms with van der Waals surface area (Å²) in [6.07, 6.45) is 3.35. The van der Waals surface area contributed by atoms with Crippen molar-refractivity contribution < 1.29 is 23.9 Å². The van der Waals surface area contributed by atoms with E-state index in [0.717, 1.165) is 18.1 Å². The average molecular weight is 341 g/mol. The maximum Gasteiger partial charge on any atom is 0.336 e. The van der Waals surface area contributed by atoms with Crippen molar-refractivity contribution in [1.29, 1.82) is 0 Å². The van der Waals surface area contributed by atoms with Crippen molar-refractivity contribution in [3.05, 3.63) is 63.7 Å². The molecule has 0 N–H and O–H groups in total. The van der Waals surface area contributed by atoms with Crippen LogP contribution in [0.15, 0.2) is 42.5 Å². The fraction of sp³-hybridized carbons (Fsp3) is 0.167. The van der Waals surface area contributed by atoms with Crippen molar-refractivity contribution in [3.63, 3.8) is 0 Å². The first-order valence-corrected chi connectivity index (χ1v) is 7.63. The fourth-order valence-corrected chi connectivity index (χ4v) is 2.34. The Morgan fingerprint density at radius 1 is 1.24 bits per heavy atom. The van der Waals surface area contributed by atoms with Gasteiger partial charge in [0, 0.05) is 6.08 Å². The van der Waals surface area contributed by atoms with Crippen LogP contribution in [0.2, 0.25) is 0 Å². The lowest BCUT2D eigenvalue weighted by molar-refractivity contribution is -0.385. The molecular formula is C18H15NO6. The fourth-order valence-electron chi connectivity index (χ4n) is 2.34. The van der Waals surface area contributed by atoms with E-state index >= 15 is 0 Å². The van der Waals surface area contributed by atoms with Gasteiger partial charge in [-0.15, -0.1) is 0 Å². The first-order valence-electron chi connectivity index (χ1n) is 7.63. The number of hydrogen-bond acceptors (Lipinski definition) is 6. The zero-order chi connectivity index (χ0) is 17.8. The van der Waals surface area contributed by atoms with E-state index in [1.165, 1.54) is 18.2 Å². The van der Waals surface area contributed by atoms with Crippen molar-refractivity contribution in [3.8, 4) is 17.2 Å². The SMILES string of the molecule is CCc1ccc(OC(=O)/C=C/c2cc3c(cc2[N+](=O)[O-])OCO3)cc1. The van der Waals surface area contributed by atoms with Gasteiger partial charge in [-0.05, 0) is 36.3 Å². The Morgan fingerprint density at radius 2 is 1.92 bits per heavy atom. The molecule has 1 aliphatic rings. The molecule has 1 heterocycles. The topological polar surface area (TPSA) is 87.9 Å². The molecule has 0 spiro atoms. The van der Waals surface area contributed by atoms with Crippen molar-refractivity contribution >= 4 is 17.7 Å². The lowest BCUT2D eigenvalue weighted by atomic mass is 10.1. The van der Waals surface area contributed by atoms with Crippen LogP contribution in [0.25, 0.3) is 6.08 Å². The summed E-state index contributed by atoms with van der Waals surface area (Å²) >= 11 is 0. The minimum absolute atomic E-state index is 0.00938. The van der Waals surface area contributed by atoms with Crippen molar-refractivity contribution in [2.45, 2.75) is 13.3 Å². The van der Waals surface area contributed by atoms with Gasteiger partial charge in [-0.3, -0.25) is 10.1 Å². The minimum atomic E-state index is -0.629. The number of nitrogens with zero attached hydrogens (tertiary/aromatic N) is 1. The van der Waals surface area contributed by atoms with Gasteiger partial charge in [-0.1, -0.05) is 19.1 Å². The number of nitro groups is 1. The second-order valence-corrected chi connectivity index (χ2v) is 5.27. The number of rotatable bonds is 5. The number of fused-ring (bicyclic) bond motifs is 1. The van der Waals surface area contributed by atoms with Crippen LogP contribution >= 0.6 is 0 Å². The van der Waals surface area contributed by atoms with Gasteiger partial charge in [0.15, 0.2) is 11.5 Å². The number of esters is 1. The first-order chi connectivity index (χ1) is 12.1. The molecule has 7 nitrogen and oxygen atoms in total. The standard InChI is InChI=1S/C18H15NO6/c1-2-12-3-6-14(7-4-12)25-18(20)8-5-13-9-16-17(24-11-23-16)10-15(13)19(21)22/h3-10H,2,11H2,1H3/b8-5+. The molecule has 0 fully saturated rings. The van der Waals surface area contributed by atoms with Crippen LogP contribution in [-0.2, 0) is 11.2 Å². The second kappa shape index (κ2) is 7.04. The quantitative estimate of drug-likeness (QED) is 0.272. The molecule has 2 aromatic rings. The predicted molar refractivity (Wildman–Crippen MR) is 89.7 cm³/mol. The predicted octanol–water partition coefficient (Wildman–Crippen LogP) is 3.50. The number of carbonyl (C=O) groups is 1. The van der Waals surface area contributed by atoms with Gasteiger partial charge in [0.2, 0.25) is 6.79 Å². The highest BCUT2D eigenvalue weighted by Gasteiger charge is 2.22. The molecule has 3 rings (SSSR count). The molecule has 0 saturated heterocycles. The lowest BCUT2D eigenvalue weighted by Gasteiger charge is -2.03. The number of carbonyl (C=O) groups excluding carboxylic acids is 1. The summed E-state index contributed by atoms with van der Waals surface area (Å²) in [6, 6.07) is 9.88. The number of nitro benzene ring substituents is 1. The molecule has 1 aliphatic heterocycles. The molecule has 0 radical (unpaired) electrons. The summed E-state index contributed by atoms with van der Waals surface area (Å²) in [5.74, 6) is 0.486. The van der Waals surface area contributed by atoms with Crippen LogP contribution in [0, 0.1) is 10.1 Å². The van der Waals surface area contributed by atoms with Gasteiger partial charge in [-0.25, -0.2) is 4.79 Å². The summed E-state index contributed by atoms with van der Waals surface area (Å²) < 4.78 is 15.5. The van der Waals surface area contributed by atoms with E-state index in [4.69, 9.17) is 14.2 Å². The smallest absolute Gasteiger partial charge is 0.336 e. The highest BCUT2D eigenvalue weighted by molar-refractivity contribution is 5.89. The summed E-state index contributed by atoms with van der Waals surface area (Å²) in [5, 5.41) is 11.2. The first kappa shape index (κ1) is 16.5. The average Bonchev–Trinajstić information content (AvgIpc) is 3.07. The van der Waals surface area contributed by atoms with E-state index in [-0.39, 0.29) is 18.0 Å². The molecule has 25 heavy (non-hydrogen) atoms. The molecule has 7 heteroatoms. The van der Waals surface area contributed by atoms with Crippen LogP contribution in [0.5, 0.6) is 17.2 Å². The molecule has 0 atom stereocenters. The van der Waals surface area contributed by atoms with Crippen molar-refractivity contribution in [1.82, 2.24) is 0 Å². The third kappa shape index (κ3) is 3.77. The van der Waals surface area contributed by atoms with Crippen LogP contribution < -0.4 is 14.2 Å². The molecule has 0 bridgehead atoms. The second-order valence-electron chi connectivity index (χ2n) is 5.27. The Morgan fingerprint density at radius 3 is 2.56 bits per heavy atom. The molecule has 0 unspecified atom stereocenters. The van der Waals surface area contributed by atoms with Crippen LogP contribution in [0.1, 0.15) is 18.1 Å². The summed E-state index contributed by atoms with van der Waals surface area (Å²) in [6.45, 7) is 2.04. The van der Waals surface area contributed by atoms with Crippen LogP contribution in [0.4, 0.5) is 5.69 Å². The Balaban J connectivity index is 1.76. The third-order valence-corrected chi connectivity index (χ3v) is 3.67. The third-order valence-electron chi connectivity index (χ3n) is 3.67. The zero-order valence-electron chi connectivity index (χ0n) is 13.4. The highest BCUT2D eigenvalue weighted by atomic mass is 16.7. The molecule has 0 amide bonds. The zero-order valence-corrected chi connectivity index (χ0v) is 13.4. The normalized spacial score (nSPS) is 12.4. The molecule has 128 valence electrons. The van der Waals surface area contributed by atoms with Gasteiger partial charge in [0.25, 0.3) is 5.69 Å². The van der Waals surface area contributed by atoms with Crippen molar-refractivity contribution in [2.24, 2.45) is 0 Å². The van der Waals surface area contributed by atoms with Gasteiger partial charge in [0.05, 0.1) is 16.6 Å². The highest BCUT2D eigenvalue weighted by Crippen LogP contribution is 2.38. The molecule has 2 aromatic carbocycles. The van der Waals surface area contributed by atoms with Crippen LogP contribution in [0.3, 0.4) is 0 Å². The van der Waals surface area contributed by atoms with E-state index in [1.54, 1.807) is 12.1 Å². The Kier molecular flexibility index (Phi) is 4.65. The minimum Gasteiger partial charge on any atom is -0.454 e. The van der Waals surface area contributed by atoms with E-state index in [2.05, 4.69) is 0 Å². The van der Waals surface area contributed by atoms with E-state index < -0.39 is 10.9 Å². The summed E-state index contributed by atoms with van der Waals surface area (Å²) in [5.41, 5.74) is 1.18. The number of ether oxygens (including phenoxy) is 3. The number of benzene rings is 2.